The molecule has 1 fully saturated rings. The fraction of sp³-hybridized carbons (Fsp3) is 0.462. The van der Waals surface area contributed by atoms with Crippen molar-refractivity contribution in [3.8, 4) is 5.75 Å². The van der Waals surface area contributed by atoms with Gasteiger partial charge in [-0.2, -0.15) is 0 Å². The van der Waals surface area contributed by atoms with E-state index in [9.17, 15) is 9.90 Å². The molecule has 98 valence electrons. The molecule has 1 aromatic rings. The number of amides is 1. The fourth-order valence-electron chi connectivity index (χ4n) is 2.01. The number of carbonyl (C=O) groups excluding carboxylic acids is 1. The number of aliphatic hydroxyl groups excluding tert-OH is 1. The molecule has 1 aromatic carbocycles. The van der Waals surface area contributed by atoms with Crippen LogP contribution in [0.25, 0.3) is 0 Å². The Hall–Kier alpha value is -1.59. The number of morpholine rings is 1. The Bertz CT molecular complexity index is 447. The second-order valence-corrected chi connectivity index (χ2v) is 4.45. The van der Waals surface area contributed by atoms with Crippen LogP contribution in [0, 0.1) is 6.92 Å². The van der Waals surface area contributed by atoms with E-state index < -0.39 is 0 Å². The molecule has 1 heterocycles. The fourth-order valence-corrected chi connectivity index (χ4v) is 2.01. The standard InChI is InChI=1S/C13H17NO4/c1-9-2-3-12(16)11(6-9)13(17)14-4-5-18-10(7-14)8-15/h2-3,6,10,15-16H,4-5,7-8H2,1H3. The summed E-state index contributed by atoms with van der Waals surface area (Å²) in [5, 5.41) is 18.8. The van der Waals surface area contributed by atoms with E-state index in [-0.39, 0.29) is 24.4 Å². The Kier molecular flexibility index (Phi) is 3.84. The number of hydrogen-bond donors (Lipinski definition) is 2. The lowest BCUT2D eigenvalue weighted by Crippen LogP contribution is -2.46. The van der Waals surface area contributed by atoms with Gasteiger partial charge in [-0.25, -0.2) is 0 Å². The van der Waals surface area contributed by atoms with Crippen LogP contribution < -0.4 is 0 Å². The Morgan fingerprint density at radius 3 is 3.06 bits per heavy atom. The molecule has 0 radical (unpaired) electrons. The van der Waals surface area contributed by atoms with Gasteiger partial charge in [-0.15, -0.1) is 0 Å². The third kappa shape index (κ3) is 2.63. The van der Waals surface area contributed by atoms with Crippen molar-refractivity contribution in [2.45, 2.75) is 13.0 Å². The smallest absolute Gasteiger partial charge is 0.257 e. The van der Waals surface area contributed by atoms with Gasteiger partial charge >= 0.3 is 0 Å². The van der Waals surface area contributed by atoms with Crippen LogP contribution >= 0.6 is 0 Å². The van der Waals surface area contributed by atoms with Crippen LogP contribution in [-0.4, -0.2) is 53.4 Å². The summed E-state index contributed by atoms with van der Waals surface area (Å²) in [6.45, 7) is 2.99. The first-order chi connectivity index (χ1) is 8.61. The minimum absolute atomic E-state index is 0.0161. The first kappa shape index (κ1) is 12.9. The second-order valence-electron chi connectivity index (χ2n) is 4.45. The highest BCUT2D eigenvalue weighted by atomic mass is 16.5. The van der Waals surface area contributed by atoms with Crippen LogP contribution in [-0.2, 0) is 4.74 Å². The summed E-state index contributed by atoms with van der Waals surface area (Å²) >= 11 is 0. The van der Waals surface area contributed by atoms with Crippen molar-refractivity contribution in [2.75, 3.05) is 26.3 Å². The normalized spacial score (nSPS) is 19.9. The lowest BCUT2D eigenvalue weighted by Gasteiger charge is -2.32. The molecule has 1 atom stereocenters. The van der Waals surface area contributed by atoms with Gasteiger partial charge in [0.05, 0.1) is 24.9 Å². The van der Waals surface area contributed by atoms with Crippen LogP contribution in [0.3, 0.4) is 0 Å². The molecule has 2 rings (SSSR count). The summed E-state index contributed by atoms with van der Waals surface area (Å²) in [5.41, 5.74) is 1.22. The van der Waals surface area contributed by atoms with Gasteiger partial charge < -0.3 is 19.8 Å². The van der Waals surface area contributed by atoms with Gasteiger partial charge in [0.2, 0.25) is 0 Å². The van der Waals surface area contributed by atoms with E-state index in [1.165, 1.54) is 6.07 Å². The molecule has 2 N–H and O–H groups in total. The molecule has 1 saturated heterocycles. The predicted octanol–water partition coefficient (Wildman–Crippen LogP) is 0.534. The molecule has 1 unspecified atom stereocenters. The Balaban J connectivity index is 2.17. The Labute approximate surface area is 106 Å². The maximum atomic E-state index is 12.3. The maximum Gasteiger partial charge on any atom is 0.257 e. The van der Waals surface area contributed by atoms with E-state index in [0.717, 1.165) is 5.56 Å². The van der Waals surface area contributed by atoms with Crippen molar-refractivity contribution >= 4 is 5.91 Å². The monoisotopic (exact) mass is 251 g/mol. The van der Waals surface area contributed by atoms with Crippen molar-refractivity contribution in [2.24, 2.45) is 0 Å². The molecule has 5 nitrogen and oxygen atoms in total. The SMILES string of the molecule is Cc1ccc(O)c(C(=O)N2CCOC(CO)C2)c1. The molecule has 0 bridgehead atoms. The van der Waals surface area contributed by atoms with E-state index in [1.807, 2.05) is 6.92 Å². The predicted molar refractivity (Wildman–Crippen MR) is 65.6 cm³/mol. The van der Waals surface area contributed by atoms with E-state index in [0.29, 0.717) is 25.3 Å². The third-order valence-corrected chi connectivity index (χ3v) is 3.01. The van der Waals surface area contributed by atoms with Crippen molar-refractivity contribution in [3.63, 3.8) is 0 Å². The topological polar surface area (TPSA) is 70.0 Å². The number of carbonyl (C=O) groups is 1. The first-order valence-electron chi connectivity index (χ1n) is 5.93. The molecule has 0 saturated carbocycles. The zero-order valence-electron chi connectivity index (χ0n) is 10.3. The molecule has 1 aliphatic rings. The number of aromatic hydroxyl groups is 1. The van der Waals surface area contributed by atoms with Gasteiger partial charge in [0.25, 0.3) is 5.91 Å². The zero-order chi connectivity index (χ0) is 13.1. The van der Waals surface area contributed by atoms with Crippen LogP contribution in [0.4, 0.5) is 0 Å². The number of rotatable bonds is 2. The summed E-state index contributed by atoms with van der Waals surface area (Å²) in [6, 6.07) is 4.94. The maximum absolute atomic E-state index is 12.3. The molecule has 1 amide bonds. The van der Waals surface area contributed by atoms with Crippen LogP contribution in [0.5, 0.6) is 5.75 Å². The van der Waals surface area contributed by atoms with E-state index >= 15 is 0 Å². The van der Waals surface area contributed by atoms with Crippen LogP contribution in [0.15, 0.2) is 18.2 Å². The highest BCUT2D eigenvalue weighted by Crippen LogP contribution is 2.21. The Morgan fingerprint density at radius 1 is 1.56 bits per heavy atom. The third-order valence-electron chi connectivity index (χ3n) is 3.01. The molecular weight excluding hydrogens is 234 g/mol. The number of ether oxygens (including phenoxy) is 1. The zero-order valence-corrected chi connectivity index (χ0v) is 10.3. The molecule has 0 spiro atoms. The Morgan fingerprint density at radius 2 is 2.33 bits per heavy atom. The average molecular weight is 251 g/mol. The average Bonchev–Trinajstić information content (AvgIpc) is 2.41. The molecular formula is C13H17NO4. The van der Waals surface area contributed by atoms with Gasteiger partial charge in [-0.05, 0) is 19.1 Å². The summed E-state index contributed by atoms with van der Waals surface area (Å²) in [5.74, 6) is -0.240. The molecule has 1 aliphatic heterocycles. The van der Waals surface area contributed by atoms with Gasteiger partial charge in [0.1, 0.15) is 5.75 Å². The lowest BCUT2D eigenvalue weighted by molar-refractivity contribution is -0.0447. The number of phenols is 1. The number of benzene rings is 1. The minimum atomic E-state index is -0.338. The quantitative estimate of drug-likeness (QED) is 0.804. The van der Waals surface area contributed by atoms with Crippen molar-refractivity contribution < 1.29 is 19.7 Å². The van der Waals surface area contributed by atoms with Gasteiger partial charge in [0.15, 0.2) is 0 Å². The van der Waals surface area contributed by atoms with E-state index in [1.54, 1.807) is 17.0 Å². The molecule has 18 heavy (non-hydrogen) atoms. The van der Waals surface area contributed by atoms with Crippen molar-refractivity contribution in [3.05, 3.63) is 29.3 Å². The summed E-state index contributed by atoms with van der Waals surface area (Å²) < 4.78 is 5.29. The second kappa shape index (κ2) is 5.37. The molecule has 0 aliphatic carbocycles. The summed E-state index contributed by atoms with van der Waals surface area (Å²) in [6.07, 6.45) is -0.338. The molecule has 5 heteroatoms. The highest BCUT2D eigenvalue weighted by Gasteiger charge is 2.26. The number of aryl methyl sites for hydroxylation is 1. The van der Waals surface area contributed by atoms with Gasteiger partial charge in [0, 0.05) is 13.1 Å². The van der Waals surface area contributed by atoms with Crippen molar-refractivity contribution in [1.82, 2.24) is 4.90 Å². The first-order valence-corrected chi connectivity index (χ1v) is 5.93. The van der Waals surface area contributed by atoms with Crippen LogP contribution in [0.2, 0.25) is 0 Å². The number of phenolic OH excluding ortho intramolecular Hbond substituents is 1. The number of hydrogen-bond acceptors (Lipinski definition) is 4. The minimum Gasteiger partial charge on any atom is -0.507 e. The highest BCUT2D eigenvalue weighted by molar-refractivity contribution is 5.97. The van der Waals surface area contributed by atoms with Gasteiger partial charge in [-0.1, -0.05) is 11.6 Å². The summed E-state index contributed by atoms with van der Waals surface area (Å²) in [4.78, 5) is 13.9. The van der Waals surface area contributed by atoms with Gasteiger partial charge in [-0.3, -0.25) is 4.79 Å². The van der Waals surface area contributed by atoms with Crippen LogP contribution in [0.1, 0.15) is 15.9 Å². The van der Waals surface area contributed by atoms with E-state index in [2.05, 4.69) is 0 Å². The molecule has 0 aromatic heterocycles. The largest absolute Gasteiger partial charge is 0.507 e. The summed E-state index contributed by atoms with van der Waals surface area (Å²) in [7, 11) is 0. The van der Waals surface area contributed by atoms with E-state index in [4.69, 9.17) is 9.84 Å². The van der Waals surface area contributed by atoms with Crippen molar-refractivity contribution in [1.29, 1.82) is 0 Å². The number of nitrogens with zero attached hydrogens (tertiary/aromatic N) is 1. The lowest BCUT2D eigenvalue weighted by atomic mass is 10.1. The number of aliphatic hydroxyl groups is 1.